The average molecular weight is 281 g/mol. The molecule has 0 aromatic heterocycles. The second-order valence-electron chi connectivity index (χ2n) is 4.13. The quantitative estimate of drug-likeness (QED) is 0.267. The van der Waals surface area contributed by atoms with E-state index in [9.17, 15) is 4.79 Å². The summed E-state index contributed by atoms with van der Waals surface area (Å²) in [6.45, 7) is 0. The lowest BCUT2D eigenvalue weighted by molar-refractivity contribution is -0.106. The van der Waals surface area contributed by atoms with Crippen molar-refractivity contribution in [1.82, 2.24) is 0 Å². The minimum absolute atomic E-state index is 0.180. The summed E-state index contributed by atoms with van der Waals surface area (Å²) in [5, 5.41) is 0. The molecule has 0 aliphatic rings. The smallest absolute Gasteiger partial charge is 0.185 e. The van der Waals surface area contributed by atoms with Gasteiger partial charge in [-0.25, -0.2) is 4.99 Å². The maximum absolute atomic E-state index is 11.0. The van der Waals surface area contributed by atoms with Gasteiger partial charge < -0.3 is 9.47 Å². The highest BCUT2D eigenvalue weighted by molar-refractivity contribution is 5.81. The highest BCUT2D eigenvalue weighted by atomic mass is 16.5. The Bertz CT molecular complexity index is 631. The molecule has 4 heteroatoms. The summed E-state index contributed by atoms with van der Waals surface area (Å²) in [4.78, 5) is 15.1. The van der Waals surface area contributed by atoms with E-state index in [1.54, 1.807) is 13.2 Å². The Morgan fingerprint density at radius 3 is 2.38 bits per heavy atom. The zero-order valence-electron chi connectivity index (χ0n) is 11.6. The van der Waals surface area contributed by atoms with Gasteiger partial charge in [0, 0.05) is 0 Å². The summed E-state index contributed by atoms with van der Waals surface area (Å²) in [7, 11) is 1.60. The SMILES string of the molecule is COc1ccc(/C=C(\C=O)O/C=N/c2ccccc2)cc1. The third kappa shape index (κ3) is 4.62. The third-order valence-electron chi connectivity index (χ3n) is 2.69. The summed E-state index contributed by atoms with van der Waals surface area (Å²) in [5.41, 5.74) is 1.60. The van der Waals surface area contributed by atoms with Crippen LogP contribution in [-0.4, -0.2) is 19.8 Å². The first-order valence-electron chi connectivity index (χ1n) is 6.37. The molecule has 0 amide bonds. The van der Waals surface area contributed by atoms with E-state index in [1.807, 2.05) is 54.6 Å². The molecule has 0 saturated heterocycles. The predicted molar refractivity (Wildman–Crippen MR) is 82.7 cm³/mol. The Kier molecular flexibility index (Phi) is 5.29. The molecule has 0 fully saturated rings. The van der Waals surface area contributed by atoms with Gasteiger partial charge in [-0.15, -0.1) is 0 Å². The van der Waals surface area contributed by atoms with Crippen LogP contribution in [0.2, 0.25) is 0 Å². The first kappa shape index (κ1) is 14.5. The Balaban J connectivity index is 2.03. The molecule has 4 nitrogen and oxygen atoms in total. The van der Waals surface area contributed by atoms with Gasteiger partial charge in [0.2, 0.25) is 0 Å². The van der Waals surface area contributed by atoms with Crippen LogP contribution in [0.15, 0.2) is 65.3 Å². The lowest BCUT2D eigenvalue weighted by Crippen LogP contribution is -1.91. The van der Waals surface area contributed by atoms with Crippen LogP contribution in [0.5, 0.6) is 5.75 Å². The normalized spacial score (nSPS) is 11.4. The molecule has 0 heterocycles. The minimum Gasteiger partial charge on any atom is -0.497 e. The number of hydrogen-bond acceptors (Lipinski definition) is 4. The molecule has 0 N–H and O–H groups in total. The van der Waals surface area contributed by atoms with Crippen molar-refractivity contribution in [2.24, 2.45) is 4.99 Å². The van der Waals surface area contributed by atoms with Gasteiger partial charge in [0.1, 0.15) is 5.75 Å². The second kappa shape index (κ2) is 7.65. The standard InChI is InChI=1S/C17H15NO3/c1-20-16-9-7-14(8-10-16)11-17(12-19)21-13-18-15-5-3-2-4-6-15/h2-13H,1H3/b17-11+,18-13+. The van der Waals surface area contributed by atoms with Crippen molar-refractivity contribution >= 4 is 24.5 Å². The van der Waals surface area contributed by atoms with Crippen LogP contribution in [0.1, 0.15) is 5.56 Å². The number of para-hydroxylation sites is 1. The molecule has 106 valence electrons. The number of rotatable bonds is 6. The van der Waals surface area contributed by atoms with Gasteiger partial charge in [-0.2, -0.15) is 0 Å². The minimum atomic E-state index is 0.180. The summed E-state index contributed by atoms with van der Waals surface area (Å²) >= 11 is 0. The average Bonchev–Trinajstić information content (AvgIpc) is 2.55. The topological polar surface area (TPSA) is 47.9 Å². The van der Waals surface area contributed by atoms with E-state index in [4.69, 9.17) is 9.47 Å². The molecular formula is C17H15NO3. The van der Waals surface area contributed by atoms with Gasteiger partial charge in [0.15, 0.2) is 18.4 Å². The van der Waals surface area contributed by atoms with Crippen molar-refractivity contribution in [2.45, 2.75) is 0 Å². The number of methoxy groups -OCH3 is 1. The molecule has 2 rings (SSSR count). The fourth-order valence-electron chi connectivity index (χ4n) is 1.62. The maximum atomic E-state index is 11.0. The van der Waals surface area contributed by atoms with Crippen LogP contribution < -0.4 is 4.74 Å². The number of aliphatic imine (C=N–C) groups is 1. The van der Waals surface area contributed by atoms with Crippen LogP contribution in [-0.2, 0) is 9.53 Å². The number of allylic oxidation sites excluding steroid dienone is 1. The zero-order valence-corrected chi connectivity index (χ0v) is 11.6. The molecule has 21 heavy (non-hydrogen) atoms. The molecule has 0 spiro atoms. The molecule has 0 bridgehead atoms. The van der Waals surface area contributed by atoms with Gasteiger partial charge in [-0.05, 0) is 35.9 Å². The third-order valence-corrected chi connectivity index (χ3v) is 2.69. The Morgan fingerprint density at radius 1 is 1.05 bits per heavy atom. The van der Waals surface area contributed by atoms with Gasteiger partial charge in [-0.3, -0.25) is 4.79 Å². The molecule has 2 aromatic rings. The van der Waals surface area contributed by atoms with Gasteiger partial charge in [0.25, 0.3) is 0 Å². The monoisotopic (exact) mass is 281 g/mol. The van der Waals surface area contributed by atoms with Gasteiger partial charge >= 0.3 is 0 Å². The van der Waals surface area contributed by atoms with Gasteiger partial charge in [0.05, 0.1) is 12.8 Å². The van der Waals surface area contributed by atoms with Gasteiger partial charge in [-0.1, -0.05) is 30.3 Å². The molecule has 2 aromatic carbocycles. The fraction of sp³-hybridized carbons (Fsp3) is 0.0588. The zero-order chi connectivity index (χ0) is 14.9. The Morgan fingerprint density at radius 2 is 1.76 bits per heavy atom. The van der Waals surface area contributed by atoms with E-state index in [0.717, 1.165) is 17.0 Å². The molecule has 0 aliphatic carbocycles. The van der Waals surface area contributed by atoms with E-state index in [1.165, 1.54) is 6.40 Å². The molecule has 0 radical (unpaired) electrons. The predicted octanol–water partition coefficient (Wildman–Crippen LogP) is 3.61. The van der Waals surface area contributed by atoms with Crippen LogP contribution in [0, 0.1) is 0 Å². The summed E-state index contributed by atoms with van der Waals surface area (Å²) in [6, 6.07) is 16.6. The van der Waals surface area contributed by atoms with Crippen LogP contribution in [0.3, 0.4) is 0 Å². The number of carbonyl (C=O) groups is 1. The lowest BCUT2D eigenvalue weighted by Gasteiger charge is -2.01. The van der Waals surface area contributed by atoms with E-state index >= 15 is 0 Å². The van der Waals surface area contributed by atoms with Crippen molar-refractivity contribution in [3.8, 4) is 5.75 Å². The number of benzene rings is 2. The van der Waals surface area contributed by atoms with E-state index in [0.29, 0.717) is 6.29 Å². The number of nitrogens with zero attached hydrogens (tertiary/aromatic N) is 1. The Labute approximate surface area is 123 Å². The first-order valence-corrected chi connectivity index (χ1v) is 6.37. The molecule has 0 saturated carbocycles. The maximum Gasteiger partial charge on any atom is 0.185 e. The lowest BCUT2D eigenvalue weighted by atomic mass is 10.2. The van der Waals surface area contributed by atoms with Crippen LogP contribution in [0.4, 0.5) is 5.69 Å². The molecule has 0 atom stereocenters. The van der Waals surface area contributed by atoms with Crippen molar-refractivity contribution in [1.29, 1.82) is 0 Å². The van der Waals surface area contributed by atoms with E-state index in [-0.39, 0.29) is 5.76 Å². The van der Waals surface area contributed by atoms with Crippen molar-refractivity contribution in [3.63, 3.8) is 0 Å². The highest BCUT2D eigenvalue weighted by Crippen LogP contribution is 2.14. The highest BCUT2D eigenvalue weighted by Gasteiger charge is 1.97. The van der Waals surface area contributed by atoms with E-state index < -0.39 is 0 Å². The number of aldehydes is 1. The van der Waals surface area contributed by atoms with Crippen molar-refractivity contribution in [2.75, 3.05) is 7.11 Å². The fourth-order valence-corrected chi connectivity index (χ4v) is 1.62. The van der Waals surface area contributed by atoms with Crippen LogP contribution in [0.25, 0.3) is 6.08 Å². The Hall–Kier alpha value is -2.88. The first-order chi connectivity index (χ1) is 10.3. The summed E-state index contributed by atoms with van der Waals surface area (Å²) in [6.07, 6.45) is 3.52. The number of carbonyl (C=O) groups excluding carboxylic acids is 1. The number of ether oxygens (including phenoxy) is 2. The molecular weight excluding hydrogens is 266 g/mol. The molecule has 0 aliphatic heterocycles. The molecule has 0 unspecified atom stereocenters. The van der Waals surface area contributed by atoms with Crippen LogP contribution >= 0.6 is 0 Å². The largest absolute Gasteiger partial charge is 0.497 e. The van der Waals surface area contributed by atoms with Crippen molar-refractivity contribution in [3.05, 3.63) is 65.9 Å². The van der Waals surface area contributed by atoms with Crippen molar-refractivity contribution < 1.29 is 14.3 Å². The number of hydrogen-bond donors (Lipinski definition) is 0. The second-order valence-corrected chi connectivity index (χ2v) is 4.13. The van der Waals surface area contributed by atoms with E-state index in [2.05, 4.69) is 4.99 Å². The summed E-state index contributed by atoms with van der Waals surface area (Å²) < 4.78 is 10.3. The summed E-state index contributed by atoms with van der Waals surface area (Å²) in [5.74, 6) is 0.936.